The number of sulfonamides is 1. The van der Waals surface area contributed by atoms with Crippen LogP contribution >= 0.6 is 11.6 Å². The van der Waals surface area contributed by atoms with E-state index < -0.39 is 10.0 Å². The van der Waals surface area contributed by atoms with E-state index in [1.54, 1.807) is 30.3 Å². The standard InChI is InChI=1S/C15H17ClN2O3S/c1-11-9-15(21-17-11)14-7-4-8-18(14)22(19,20)10-12-5-2-3-6-13(12)16/h2-3,5-6,9,14H,4,7-8,10H2,1H3/t14-/m1/s1. The predicted molar refractivity (Wildman–Crippen MR) is 84.0 cm³/mol. The molecule has 0 saturated carbocycles. The molecule has 0 bridgehead atoms. The first-order valence-corrected chi connectivity index (χ1v) is 9.12. The van der Waals surface area contributed by atoms with E-state index in [-0.39, 0.29) is 11.8 Å². The van der Waals surface area contributed by atoms with Crippen molar-refractivity contribution in [3.63, 3.8) is 0 Å². The smallest absolute Gasteiger partial charge is 0.219 e. The van der Waals surface area contributed by atoms with Crippen LogP contribution in [0, 0.1) is 6.92 Å². The number of halogens is 1. The summed E-state index contributed by atoms with van der Waals surface area (Å²) in [5, 5.41) is 4.33. The maximum atomic E-state index is 12.8. The van der Waals surface area contributed by atoms with Gasteiger partial charge in [-0.1, -0.05) is 35.0 Å². The maximum Gasteiger partial charge on any atom is 0.219 e. The number of aromatic nitrogens is 1. The van der Waals surface area contributed by atoms with Crippen molar-refractivity contribution >= 4 is 21.6 Å². The number of nitrogens with zero attached hydrogens (tertiary/aromatic N) is 2. The average Bonchev–Trinajstić information content (AvgIpc) is 3.09. The predicted octanol–water partition coefficient (Wildman–Crippen LogP) is 3.30. The summed E-state index contributed by atoms with van der Waals surface area (Å²) in [5.41, 5.74) is 1.37. The quantitative estimate of drug-likeness (QED) is 0.856. The zero-order valence-electron chi connectivity index (χ0n) is 12.2. The van der Waals surface area contributed by atoms with Crippen molar-refractivity contribution in [2.75, 3.05) is 6.54 Å². The third-order valence-corrected chi connectivity index (χ3v) is 6.03. The zero-order chi connectivity index (χ0) is 15.7. The Bertz CT molecular complexity index is 773. The first-order valence-electron chi connectivity index (χ1n) is 7.13. The van der Waals surface area contributed by atoms with Gasteiger partial charge in [0, 0.05) is 17.6 Å². The van der Waals surface area contributed by atoms with E-state index in [1.807, 2.05) is 6.92 Å². The highest BCUT2D eigenvalue weighted by molar-refractivity contribution is 7.88. The van der Waals surface area contributed by atoms with Gasteiger partial charge in [0.15, 0.2) is 5.76 Å². The van der Waals surface area contributed by atoms with Gasteiger partial charge in [0.2, 0.25) is 10.0 Å². The van der Waals surface area contributed by atoms with Crippen LogP contribution in [0.1, 0.15) is 35.9 Å². The molecule has 1 aliphatic heterocycles. The maximum absolute atomic E-state index is 12.8. The number of benzene rings is 1. The Labute approximate surface area is 134 Å². The minimum Gasteiger partial charge on any atom is -0.359 e. The Morgan fingerprint density at radius 2 is 2.18 bits per heavy atom. The Hall–Kier alpha value is -1.37. The van der Waals surface area contributed by atoms with Crippen molar-refractivity contribution in [2.45, 2.75) is 31.6 Å². The van der Waals surface area contributed by atoms with Gasteiger partial charge in [-0.2, -0.15) is 4.31 Å². The highest BCUT2D eigenvalue weighted by Crippen LogP contribution is 2.35. The lowest BCUT2D eigenvalue weighted by molar-refractivity contribution is 0.297. The minimum atomic E-state index is -3.46. The fourth-order valence-corrected chi connectivity index (χ4v) is 4.89. The summed E-state index contributed by atoms with van der Waals surface area (Å²) in [4.78, 5) is 0. The van der Waals surface area contributed by atoms with Crippen LogP contribution in [0.25, 0.3) is 0 Å². The van der Waals surface area contributed by atoms with Crippen molar-refractivity contribution < 1.29 is 12.9 Å². The summed E-state index contributed by atoms with van der Waals surface area (Å²) in [6, 6.07) is 8.55. The van der Waals surface area contributed by atoms with Gasteiger partial charge in [0.1, 0.15) is 0 Å². The number of rotatable bonds is 4. The molecule has 2 aromatic rings. The first kappa shape index (κ1) is 15.5. The Morgan fingerprint density at radius 1 is 1.41 bits per heavy atom. The highest BCUT2D eigenvalue weighted by atomic mass is 35.5. The van der Waals surface area contributed by atoms with Gasteiger partial charge >= 0.3 is 0 Å². The van der Waals surface area contributed by atoms with Crippen molar-refractivity contribution in [3.8, 4) is 0 Å². The lowest BCUT2D eigenvalue weighted by Gasteiger charge is -2.22. The Balaban J connectivity index is 1.86. The second-order valence-electron chi connectivity index (χ2n) is 5.49. The van der Waals surface area contributed by atoms with Crippen molar-refractivity contribution in [3.05, 3.63) is 52.4 Å². The molecule has 2 heterocycles. The summed E-state index contributed by atoms with van der Waals surface area (Å²) >= 11 is 6.08. The van der Waals surface area contributed by atoms with E-state index in [9.17, 15) is 8.42 Å². The Kier molecular flexibility index (Phi) is 4.25. The SMILES string of the molecule is Cc1cc([C@H]2CCCN2S(=O)(=O)Cc2ccccc2Cl)on1. The molecule has 1 fully saturated rings. The third-order valence-electron chi connectivity index (χ3n) is 3.83. The zero-order valence-corrected chi connectivity index (χ0v) is 13.8. The first-order chi connectivity index (χ1) is 10.5. The molecule has 1 atom stereocenters. The van der Waals surface area contributed by atoms with E-state index >= 15 is 0 Å². The summed E-state index contributed by atoms with van der Waals surface area (Å²) < 4.78 is 32.3. The molecular weight excluding hydrogens is 324 g/mol. The summed E-state index contributed by atoms with van der Waals surface area (Å²) in [7, 11) is -3.46. The lowest BCUT2D eigenvalue weighted by atomic mass is 10.2. The number of hydrogen-bond donors (Lipinski definition) is 0. The molecule has 1 aromatic heterocycles. The van der Waals surface area contributed by atoms with Gasteiger partial charge < -0.3 is 4.52 Å². The molecule has 0 radical (unpaired) electrons. The second-order valence-corrected chi connectivity index (χ2v) is 7.82. The molecule has 7 heteroatoms. The van der Waals surface area contributed by atoms with Crippen molar-refractivity contribution in [1.29, 1.82) is 0 Å². The molecule has 118 valence electrons. The largest absolute Gasteiger partial charge is 0.359 e. The topological polar surface area (TPSA) is 63.4 Å². The highest BCUT2D eigenvalue weighted by Gasteiger charge is 2.37. The van der Waals surface area contributed by atoms with Gasteiger partial charge in [0.25, 0.3) is 0 Å². The van der Waals surface area contributed by atoms with Crippen LogP contribution in [-0.2, 0) is 15.8 Å². The normalized spacial score (nSPS) is 19.6. The molecule has 1 aliphatic rings. The second kappa shape index (κ2) is 6.02. The molecule has 0 N–H and O–H groups in total. The van der Waals surface area contributed by atoms with Gasteiger partial charge in [-0.15, -0.1) is 0 Å². The minimum absolute atomic E-state index is 0.101. The van der Waals surface area contributed by atoms with Crippen LogP contribution in [0.5, 0.6) is 0 Å². The summed E-state index contributed by atoms with van der Waals surface area (Å²) in [5.74, 6) is 0.508. The van der Waals surface area contributed by atoms with Gasteiger partial charge in [-0.05, 0) is 31.4 Å². The van der Waals surface area contributed by atoms with E-state index in [1.165, 1.54) is 4.31 Å². The molecule has 0 unspecified atom stereocenters. The molecule has 5 nitrogen and oxygen atoms in total. The lowest BCUT2D eigenvalue weighted by Crippen LogP contribution is -2.31. The molecular formula is C15H17ClN2O3S. The van der Waals surface area contributed by atoms with Gasteiger partial charge in [-0.3, -0.25) is 0 Å². The molecule has 0 aliphatic carbocycles. The van der Waals surface area contributed by atoms with Gasteiger partial charge in [0.05, 0.1) is 17.5 Å². The van der Waals surface area contributed by atoms with Crippen LogP contribution in [-0.4, -0.2) is 24.4 Å². The van der Waals surface area contributed by atoms with Crippen LogP contribution in [0.15, 0.2) is 34.9 Å². The van der Waals surface area contributed by atoms with E-state index in [4.69, 9.17) is 16.1 Å². The summed E-state index contributed by atoms with van der Waals surface area (Å²) in [6.07, 6.45) is 1.56. The molecule has 1 aromatic carbocycles. The van der Waals surface area contributed by atoms with Crippen LogP contribution in [0.2, 0.25) is 5.02 Å². The number of aryl methyl sites for hydroxylation is 1. The molecule has 3 rings (SSSR count). The van der Waals surface area contributed by atoms with E-state index in [2.05, 4.69) is 5.16 Å². The molecule has 0 spiro atoms. The third kappa shape index (κ3) is 3.04. The molecule has 1 saturated heterocycles. The summed E-state index contributed by atoms with van der Waals surface area (Å²) in [6.45, 7) is 2.32. The van der Waals surface area contributed by atoms with E-state index in [0.29, 0.717) is 22.9 Å². The monoisotopic (exact) mass is 340 g/mol. The Morgan fingerprint density at radius 3 is 2.86 bits per heavy atom. The van der Waals surface area contributed by atoms with Crippen LogP contribution in [0.4, 0.5) is 0 Å². The molecule has 22 heavy (non-hydrogen) atoms. The van der Waals surface area contributed by atoms with Crippen LogP contribution < -0.4 is 0 Å². The van der Waals surface area contributed by atoms with Gasteiger partial charge in [-0.25, -0.2) is 8.42 Å². The fraction of sp³-hybridized carbons (Fsp3) is 0.400. The fourth-order valence-electron chi connectivity index (χ4n) is 2.79. The van der Waals surface area contributed by atoms with Crippen molar-refractivity contribution in [2.24, 2.45) is 0 Å². The van der Waals surface area contributed by atoms with Crippen molar-refractivity contribution in [1.82, 2.24) is 9.46 Å². The van der Waals surface area contributed by atoms with Crippen LogP contribution in [0.3, 0.4) is 0 Å². The van der Waals surface area contributed by atoms with E-state index in [0.717, 1.165) is 18.5 Å². The molecule has 0 amide bonds. The average molecular weight is 341 g/mol. The number of hydrogen-bond acceptors (Lipinski definition) is 4.